The predicted molar refractivity (Wildman–Crippen MR) is 99.2 cm³/mol. The van der Waals surface area contributed by atoms with Crippen molar-refractivity contribution in [1.29, 1.82) is 0 Å². The Labute approximate surface area is 162 Å². The summed E-state index contributed by atoms with van der Waals surface area (Å²) in [7, 11) is 0. The van der Waals surface area contributed by atoms with Crippen LogP contribution in [0.25, 0.3) is 0 Å². The molecule has 1 amide bonds. The van der Waals surface area contributed by atoms with E-state index in [1.54, 1.807) is 6.07 Å². The van der Waals surface area contributed by atoms with Gasteiger partial charge in [0.05, 0.1) is 17.0 Å². The first-order valence-corrected chi connectivity index (χ1v) is 9.14. The number of amides is 1. The molecule has 0 N–H and O–H groups in total. The zero-order valence-corrected chi connectivity index (χ0v) is 15.2. The van der Waals surface area contributed by atoms with Gasteiger partial charge in [-0.25, -0.2) is 0 Å². The van der Waals surface area contributed by atoms with Crippen molar-refractivity contribution in [1.82, 2.24) is 4.90 Å². The fourth-order valence-electron chi connectivity index (χ4n) is 2.68. The summed E-state index contributed by atoms with van der Waals surface area (Å²) < 4.78 is 38.5. The Morgan fingerprint density at radius 1 is 1.21 bits per heavy atom. The average molecular weight is 409 g/mol. The summed E-state index contributed by atoms with van der Waals surface area (Å²) in [6.07, 6.45) is -4.43. The SMILES string of the molecule is O=C(c1ccccc1[N+](=O)[O-])N1CCN=C1SCc1cccc(C(F)(F)F)c1. The first-order chi connectivity index (χ1) is 13.3. The number of carbonyl (C=O) groups is 1. The van der Waals surface area contributed by atoms with Gasteiger partial charge in [-0.3, -0.25) is 24.8 Å². The Morgan fingerprint density at radius 2 is 1.96 bits per heavy atom. The molecule has 0 saturated heterocycles. The number of halogens is 3. The topological polar surface area (TPSA) is 75.8 Å². The molecule has 28 heavy (non-hydrogen) atoms. The Hall–Kier alpha value is -2.88. The number of para-hydroxylation sites is 1. The smallest absolute Gasteiger partial charge is 0.285 e. The van der Waals surface area contributed by atoms with Gasteiger partial charge in [0.2, 0.25) is 0 Å². The Bertz CT molecular complexity index is 947. The Kier molecular flexibility index (Phi) is 5.68. The fourth-order valence-corrected chi connectivity index (χ4v) is 3.67. The number of alkyl halides is 3. The summed E-state index contributed by atoms with van der Waals surface area (Å²) in [6, 6.07) is 10.5. The normalized spacial score (nSPS) is 14.1. The van der Waals surface area contributed by atoms with Crippen LogP contribution < -0.4 is 0 Å². The Morgan fingerprint density at radius 3 is 2.68 bits per heavy atom. The number of rotatable bonds is 4. The third kappa shape index (κ3) is 4.33. The lowest BCUT2D eigenvalue weighted by atomic mass is 10.1. The summed E-state index contributed by atoms with van der Waals surface area (Å²) in [4.78, 5) is 28.8. The summed E-state index contributed by atoms with van der Waals surface area (Å²) in [6.45, 7) is 0.590. The van der Waals surface area contributed by atoms with Crippen LogP contribution in [0.4, 0.5) is 18.9 Å². The quantitative estimate of drug-likeness (QED) is 0.555. The largest absolute Gasteiger partial charge is 0.416 e. The van der Waals surface area contributed by atoms with Gasteiger partial charge in [0.1, 0.15) is 5.56 Å². The molecule has 0 aromatic heterocycles. The van der Waals surface area contributed by atoms with Crippen molar-refractivity contribution in [3.63, 3.8) is 0 Å². The van der Waals surface area contributed by atoms with Crippen LogP contribution in [0, 0.1) is 10.1 Å². The van der Waals surface area contributed by atoms with Crippen LogP contribution in [0.5, 0.6) is 0 Å². The summed E-state index contributed by atoms with van der Waals surface area (Å²) in [5, 5.41) is 11.5. The highest BCUT2D eigenvalue weighted by atomic mass is 32.2. The second kappa shape index (κ2) is 8.01. The molecule has 6 nitrogen and oxygen atoms in total. The number of benzene rings is 2. The van der Waals surface area contributed by atoms with E-state index >= 15 is 0 Å². The molecule has 1 heterocycles. The zero-order valence-electron chi connectivity index (χ0n) is 14.3. The van der Waals surface area contributed by atoms with Crippen molar-refractivity contribution < 1.29 is 22.9 Å². The lowest BCUT2D eigenvalue weighted by Gasteiger charge is -2.18. The van der Waals surface area contributed by atoms with E-state index in [4.69, 9.17) is 0 Å². The standard InChI is InChI=1S/C18H14F3N3O3S/c19-18(20,21)13-5-3-4-12(10-13)11-28-17-22-8-9-23(17)16(25)14-6-1-2-7-15(14)24(26)27/h1-7,10H,8-9,11H2. The molecular weight excluding hydrogens is 395 g/mol. The lowest BCUT2D eigenvalue weighted by Crippen LogP contribution is -2.33. The molecule has 0 atom stereocenters. The van der Waals surface area contributed by atoms with Crippen LogP contribution >= 0.6 is 11.8 Å². The minimum Gasteiger partial charge on any atom is -0.285 e. The van der Waals surface area contributed by atoms with Crippen LogP contribution in [0.15, 0.2) is 53.5 Å². The second-order valence-corrected chi connectivity index (χ2v) is 6.82. The van der Waals surface area contributed by atoms with Gasteiger partial charge in [0.25, 0.3) is 11.6 Å². The van der Waals surface area contributed by atoms with Crippen LogP contribution in [-0.4, -0.2) is 34.0 Å². The molecular formula is C18H14F3N3O3S. The molecule has 0 unspecified atom stereocenters. The molecule has 2 aromatic carbocycles. The molecule has 1 aliphatic heterocycles. The van der Waals surface area contributed by atoms with E-state index in [2.05, 4.69) is 4.99 Å². The minimum atomic E-state index is -4.43. The maximum atomic E-state index is 12.8. The monoisotopic (exact) mass is 409 g/mol. The summed E-state index contributed by atoms with van der Waals surface area (Å²) in [5.74, 6) is -0.372. The number of aliphatic imine (C=N–C) groups is 1. The van der Waals surface area contributed by atoms with Gasteiger partial charge in [0.15, 0.2) is 5.17 Å². The van der Waals surface area contributed by atoms with E-state index in [1.807, 2.05) is 0 Å². The van der Waals surface area contributed by atoms with Gasteiger partial charge < -0.3 is 0 Å². The van der Waals surface area contributed by atoms with Gasteiger partial charge in [-0.15, -0.1) is 0 Å². The van der Waals surface area contributed by atoms with Gasteiger partial charge in [0, 0.05) is 18.4 Å². The number of hydrogen-bond donors (Lipinski definition) is 0. The van der Waals surface area contributed by atoms with E-state index in [9.17, 15) is 28.1 Å². The number of nitrogens with zero attached hydrogens (tertiary/aromatic N) is 3. The molecule has 0 spiro atoms. The fraction of sp³-hybridized carbons (Fsp3) is 0.222. The van der Waals surface area contributed by atoms with E-state index in [1.165, 1.54) is 35.2 Å². The number of carbonyl (C=O) groups excluding carboxylic acids is 1. The number of amidine groups is 1. The van der Waals surface area contributed by atoms with Gasteiger partial charge >= 0.3 is 6.18 Å². The molecule has 146 valence electrons. The molecule has 0 aliphatic carbocycles. The lowest BCUT2D eigenvalue weighted by molar-refractivity contribution is -0.385. The molecule has 0 bridgehead atoms. The highest BCUT2D eigenvalue weighted by Crippen LogP contribution is 2.31. The van der Waals surface area contributed by atoms with Crippen molar-refractivity contribution in [2.45, 2.75) is 11.9 Å². The number of hydrogen-bond acceptors (Lipinski definition) is 5. The van der Waals surface area contributed by atoms with Crippen LogP contribution in [0.2, 0.25) is 0 Å². The number of nitro benzene ring substituents is 1. The van der Waals surface area contributed by atoms with Crippen LogP contribution in [0.1, 0.15) is 21.5 Å². The third-order valence-electron chi connectivity index (χ3n) is 4.00. The highest BCUT2D eigenvalue weighted by molar-refractivity contribution is 8.13. The van der Waals surface area contributed by atoms with Crippen molar-refractivity contribution in [3.8, 4) is 0 Å². The predicted octanol–water partition coefficient (Wildman–Crippen LogP) is 4.36. The molecule has 0 saturated carbocycles. The van der Waals surface area contributed by atoms with E-state index in [0.29, 0.717) is 17.3 Å². The van der Waals surface area contributed by atoms with Crippen LogP contribution in [0.3, 0.4) is 0 Å². The molecule has 0 radical (unpaired) electrons. The molecule has 10 heteroatoms. The van der Waals surface area contributed by atoms with E-state index < -0.39 is 22.6 Å². The van der Waals surface area contributed by atoms with Crippen molar-refractivity contribution >= 4 is 28.5 Å². The first kappa shape index (κ1) is 19.9. The van der Waals surface area contributed by atoms with E-state index in [-0.39, 0.29) is 23.5 Å². The molecule has 0 fully saturated rings. The number of nitro groups is 1. The number of thioether (sulfide) groups is 1. The molecule has 3 rings (SSSR count). The first-order valence-electron chi connectivity index (χ1n) is 8.16. The Balaban J connectivity index is 1.74. The molecule has 1 aliphatic rings. The summed E-state index contributed by atoms with van der Waals surface area (Å²) in [5.41, 5.74) is -0.664. The van der Waals surface area contributed by atoms with Gasteiger partial charge in [-0.05, 0) is 17.7 Å². The average Bonchev–Trinajstić information content (AvgIpc) is 3.14. The van der Waals surface area contributed by atoms with Gasteiger partial charge in [-0.1, -0.05) is 42.1 Å². The van der Waals surface area contributed by atoms with E-state index in [0.717, 1.165) is 23.9 Å². The zero-order chi connectivity index (χ0) is 20.3. The third-order valence-corrected chi connectivity index (χ3v) is 5.09. The maximum absolute atomic E-state index is 12.8. The van der Waals surface area contributed by atoms with Crippen molar-refractivity contribution in [2.75, 3.05) is 13.1 Å². The summed E-state index contributed by atoms with van der Waals surface area (Å²) >= 11 is 1.12. The van der Waals surface area contributed by atoms with Crippen LogP contribution in [-0.2, 0) is 11.9 Å². The molecule has 2 aromatic rings. The minimum absolute atomic E-state index is 0.0539. The van der Waals surface area contributed by atoms with Crippen molar-refractivity contribution in [2.24, 2.45) is 4.99 Å². The van der Waals surface area contributed by atoms with Gasteiger partial charge in [-0.2, -0.15) is 13.2 Å². The van der Waals surface area contributed by atoms with Crippen molar-refractivity contribution in [3.05, 3.63) is 75.3 Å². The second-order valence-electron chi connectivity index (χ2n) is 5.88. The maximum Gasteiger partial charge on any atom is 0.416 e. The highest BCUT2D eigenvalue weighted by Gasteiger charge is 2.31.